The zero-order valence-electron chi connectivity index (χ0n) is 11.2. The second-order valence-electron chi connectivity index (χ2n) is 5.31. The summed E-state index contributed by atoms with van der Waals surface area (Å²) in [6.07, 6.45) is 0. The SMILES string of the molecule is c1ccc(-c2noc3c2-c2cccc4cccc-3c24)cc1. The van der Waals surface area contributed by atoms with Gasteiger partial charge in [-0.2, -0.15) is 0 Å². The first-order chi connectivity index (χ1) is 10.4. The lowest BCUT2D eigenvalue weighted by Gasteiger charge is -2.02. The van der Waals surface area contributed by atoms with E-state index in [2.05, 4.69) is 53.7 Å². The van der Waals surface area contributed by atoms with Crippen molar-refractivity contribution in [2.75, 3.05) is 0 Å². The molecule has 1 aromatic heterocycles. The van der Waals surface area contributed by atoms with Crippen LogP contribution in [-0.4, -0.2) is 5.16 Å². The molecular formula is C19H11NO. The van der Waals surface area contributed by atoms with Gasteiger partial charge in [0.1, 0.15) is 5.69 Å². The highest BCUT2D eigenvalue weighted by molar-refractivity contribution is 6.16. The summed E-state index contributed by atoms with van der Waals surface area (Å²) in [5.74, 6) is 0.889. The molecule has 0 spiro atoms. The lowest BCUT2D eigenvalue weighted by molar-refractivity contribution is 0.436. The van der Waals surface area contributed by atoms with Crippen molar-refractivity contribution in [1.82, 2.24) is 5.16 Å². The predicted molar refractivity (Wildman–Crippen MR) is 83.9 cm³/mol. The van der Waals surface area contributed by atoms with Crippen molar-refractivity contribution in [1.29, 1.82) is 0 Å². The van der Waals surface area contributed by atoms with Crippen LogP contribution in [0.15, 0.2) is 71.3 Å². The van der Waals surface area contributed by atoms with Gasteiger partial charge in [0.15, 0.2) is 5.76 Å². The maximum Gasteiger partial charge on any atom is 0.175 e. The van der Waals surface area contributed by atoms with Gasteiger partial charge in [-0.15, -0.1) is 0 Å². The molecule has 0 radical (unpaired) electrons. The first-order valence-electron chi connectivity index (χ1n) is 7.01. The zero-order valence-corrected chi connectivity index (χ0v) is 11.2. The van der Waals surface area contributed by atoms with Gasteiger partial charge in [-0.3, -0.25) is 0 Å². The van der Waals surface area contributed by atoms with E-state index in [0.717, 1.165) is 28.1 Å². The third kappa shape index (κ3) is 1.34. The van der Waals surface area contributed by atoms with Crippen molar-refractivity contribution in [3.05, 3.63) is 66.7 Å². The Morgan fingerprint density at radius 1 is 0.714 bits per heavy atom. The number of benzene rings is 3. The van der Waals surface area contributed by atoms with Crippen LogP contribution in [0.2, 0.25) is 0 Å². The van der Waals surface area contributed by atoms with Crippen molar-refractivity contribution in [2.45, 2.75) is 0 Å². The summed E-state index contributed by atoms with van der Waals surface area (Å²) in [7, 11) is 0. The van der Waals surface area contributed by atoms with Gasteiger partial charge in [0, 0.05) is 16.5 Å². The lowest BCUT2D eigenvalue weighted by Crippen LogP contribution is -1.81. The molecule has 0 bridgehead atoms. The smallest absolute Gasteiger partial charge is 0.175 e. The topological polar surface area (TPSA) is 26.0 Å². The van der Waals surface area contributed by atoms with E-state index in [9.17, 15) is 0 Å². The fraction of sp³-hybridized carbons (Fsp3) is 0. The highest BCUT2D eigenvalue weighted by atomic mass is 16.5. The Bertz CT molecular complexity index is 978. The minimum atomic E-state index is 0.889. The molecule has 1 heterocycles. The van der Waals surface area contributed by atoms with E-state index in [0.29, 0.717) is 0 Å². The van der Waals surface area contributed by atoms with Crippen LogP contribution < -0.4 is 0 Å². The normalized spacial score (nSPS) is 11.8. The summed E-state index contributed by atoms with van der Waals surface area (Å²) >= 11 is 0. The van der Waals surface area contributed by atoms with Crippen molar-refractivity contribution < 1.29 is 4.52 Å². The number of nitrogens with zero attached hydrogens (tertiary/aromatic N) is 1. The van der Waals surface area contributed by atoms with Gasteiger partial charge in [-0.05, 0) is 10.9 Å². The molecule has 1 aliphatic rings. The van der Waals surface area contributed by atoms with Crippen LogP contribution in [0.4, 0.5) is 0 Å². The van der Waals surface area contributed by atoms with E-state index in [1.165, 1.54) is 16.3 Å². The number of hydrogen-bond acceptors (Lipinski definition) is 2. The number of aromatic nitrogens is 1. The molecule has 0 amide bonds. The van der Waals surface area contributed by atoms with Crippen LogP contribution in [0.1, 0.15) is 0 Å². The summed E-state index contributed by atoms with van der Waals surface area (Å²) in [4.78, 5) is 0. The molecule has 2 heteroatoms. The van der Waals surface area contributed by atoms with Gasteiger partial charge < -0.3 is 4.52 Å². The molecule has 0 saturated heterocycles. The predicted octanol–water partition coefficient (Wildman–Crippen LogP) is 5.14. The van der Waals surface area contributed by atoms with Crippen LogP contribution in [-0.2, 0) is 0 Å². The Hall–Kier alpha value is -2.87. The average molecular weight is 269 g/mol. The quantitative estimate of drug-likeness (QED) is 0.421. The van der Waals surface area contributed by atoms with Gasteiger partial charge in [-0.1, -0.05) is 71.9 Å². The largest absolute Gasteiger partial charge is 0.355 e. The number of fused-ring (bicyclic) bond motifs is 3. The molecule has 98 valence electrons. The Balaban J connectivity index is 1.90. The van der Waals surface area contributed by atoms with Gasteiger partial charge >= 0.3 is 0 Å². The second-order valence-corrected chi connectivity index (χ2v) is 5.31. The lowest BCUT2D eigenvalue weighted by atomic mass is 10.0. The Morgan fingerprint density at radius 2 is 1.48 bits per heavy atom. The van der Waals surface area contributed by atoms with Crippen molar-refractivity contribution in [3.63, 3.8) is 0 Å². The van der Waals surface area contributed by atoms with Crippen LogP contribution in [0.3, 0.4) is 0 Å². The average Bonchev–Trinajstić information content (AvgIpc) is 3.10. The Labute approximate surface area is 121 Å². The molecule has 0 fully saturated rings. The van der Waals surface area contributed by atoms with Crippen molar-refractivity contribution in [3.8, 4) is 33.7 Å². The second kappa shape index (κ2) is 3.83. The molecule has 4 aromatic rings. The monoisotopic (exact) mass is 269 g/mol. The molecule has 0 atom stereocenters. The van der Waals surface area contributed by atoms with Gasteiger partial charge in [0.2, 0.25) is 0 Å². The first-order valence-corrected chi connectivity index (χ1v) is 7.01. The van der Waals surface area contributed by atoms with E-state index in [4.69, 9.17) is 4.52 Å². The van der Waals surface area contributed by atoms with Crippen LogP contribution >= 0.6 is 0 Å². The first kappa shape index (κ1) is 10.9. The molecule has 2 nitrogen and oxygen atoms in total. The maximum atomic E-state index is 5.68. The minimum absolute atomic E-state index is 0.889. The van der Waals surface area contributed by atoms with E-state index in [1.54, 1.807) is 0 Å². The summed E-state index contributed by atoms with van der Waals surface area (Å²) < 4.78 is 5.68. The molecule has 0 N–H and O–H groups in total. The molecular weight excluding hydrogens is 258 g/mol. The van der Waals surface area contributed by atoms with Gasteiger partial charge in [-0.25, -0.2) is 0 Å². The zero-order chi connectivity index (χ0) is 13.8. The summed E-state index contributed by atoms with van der Waals surface area (Å²) in [6, 6.07) is 22.9. The summed E-state index contributed by atoms with van der Waals surface area (Å²) in [5, 5.41) is 6.84. The fourth-order valence-electron chi connectivity index (χ4n) is 3.26. The third-order valence-corrected chi connectivity index (χ3v) is 4.16. The Kier molecular flexibility index (Phi) is 1.98. The Morgan fingerprint density at radius 3 is 2.29 bits per heavy atom. The highest BCUT2D eigenvalue weighted by Crippen LogP contribution is 2.50. The van der Waals surface area contributed by atoms with E-state index >= 15 is 0 Å². The van der Waals surface area contributed by atoms with E-state index in [1.807, 2.05) is 18.2 Å². The molecule has 5 rings (SSSR count). The maximum absolute atomic E-state index is 5.68. The molecule has 0 unspecified atom stereocenters. The molecule has 0 saturated carbocycles. The van der Waals surface area contributed by atoms with Crippen molar-refractivity contribution >= 4 is 10.8 Å². The fourth-order valence-corrected chi connectivity index (χ4v) is 3.26. The summed E-state index contributed by atoms with van der Waals surface area (Å²) in [5.41, 5.74) is 5.50. The van der Waals surface area contributed by atoms with Crippen LogP contribution in [0.5, 0.6) is 0 Å². The molecule has 0 aliphatic heterocycles. The van der Waals surface area contributed by atoms with Gasteiger partial charge in [0.05, 0.1) is 5.56 Å². The van der Waals surface area contributed by atoms with Crippen LogP contribution in [0, 0.1) is 0 Å². The standard InChI is InChI=1S/C19H11NO/c1-2-6-13(7-3-1)18-17-14-10-4-8-12-9-5-11-15(16(12)14)19(17)21-20-18/h1-11H. The number of rotatable bonds is 1. The molecule has 1 aliphatic carbocycles. The summed E-state index contributed by atoms with van der Waals surface area (Å²) in [6.45, 7) is 0. The van der Waals surface area contributed by atoms with E-state index in [-0.39, 0.29) is 0 Å². The van der Waals surface area contributed by atoms with Gasteiger partial charge in [0.25, 0.3) is 0 Å². The van der Waals surface area contributed by atoms with Crippen LogP contribution in [0.25, 0.3) is 44.5 Å². The third-order valence-electron chi connectivity index (χ3n) is 4.16. The minimum Gasteiger partial charge on any atom is -0.355 e. The van der Waals surface area contributed by atoms with Crippen molar-refractivity contribution in [2.24, 2.45) is 0 Å². The molecule has 21 heavy (non-hydrogen) atoms. The highest BCUT2D eigenvalue weighted by Gasteiger charge is 2.29. The molecule has 3 aromatic carbocycles. The van der Waals surface area contributed by atoms with E-state index < -0.39 is 0 Å². The number of hydrogen-bond donors (Lipinski definition) is 0.